The second kappa shape index (κ2) is 4.78. The van der Waals surface area contributed by atoms with Crippen LogP contribution in [0.2, 0.25) is 0 Å². The van der Waals surface area contributed by atoms with Crippen LogP contribution >= 0.6 is 15.9 Å². The molecular formula is C11H12BrN3O. The quantitative estimate of drug-likeness (QED) is 0.669. The van der Waals surface area contributed by atoms with E-state index in [0.29, 0.717) is 0 Å². The minimum atomic E-state index is -0.246. The molecule has 0 saturated carbocycles. The summed E-state index contributed by atoms with van der Waals surface area (Å²) in [5.74, 6) is 6.27. The highest BCUT2D eigenvalue weighted by Crippen LogP contribution is 2.28. The molecule has 0 saturated heterocycles. The van der Waals surface area contributed by atoms with Gasteiger partial charge in [0.25, 0.3) is 0 Å². The third-order valence-electron chi connectivity index (χ3n) is 2.31. The Morgan fingerprint density at radius 1 is 1.50 bits per heavy atom. The number of nitrogens with zero attached hydrogens (tertiary/aromatic N) is 1. The van der Waals surface area contributed by atoms with Crippen LogP contribution in [0.25, 0.3) is 0 Å². The van der Waals surface area contributed by atoms with E-state index in [1.807, 2.05) is 25.1 Å². The SMILES string of the molecule is Cc1ccnc(C(NN)c2occc2Br)c1. The molecular weight excluding hydrogens is 270 g/mol. The number of nitrogens with one attached hydrogen (secondary N) is 1. The lowest BCUT2D eigenvalue weighted by Crippen LogP contribution is -2.29. The van der Waals surface area contributed by atoms with Gasteiger partial charge in [0.05, 0.1) is 16.4 Å². The Balaban J connectivity index is 2.40. The zero-order valence-corrected chi connectivity index (χ0v) is 10.4. The molecule has 1 unspecified atom stereocenters. The normalized spacial score (nSPS) is 12.7. The molecule has 0 bridgehead atoms. The number of pyridine rings is 1. The number of furan rings is 1. The van der Waals surface area contributed by atoms with Gasteiger partial charge in [-0.05, 0) is 46.6 Å². The number of hydrogen-bond donors (Lipinski definition) is 2. The van der Waals surface area contributed by atoms with Gasteiger partial charge in [-0.15, -0.1) is 0 Å². The van der Waals surface area contributed by atoms with Gasteiger partial charge in [-0.3, -0.25) is 10.8 Å². The molecule has 0 fully saturated rings. The van der Waals surface area contributed by atoms with E-state index < -0.39 is 0 Å². The molecule has 0 aromatic carbocycles. The second-order valence-electron chi connectivity index (χ2n) is 3.49. The summed E-state index contributed by atoms with van der Waals surface area (Å²) in [4.78, 5) is 4.28. The lowest BCUT2D eigenvalue weighted by atomic mass is 10.1. The molecule has 5 heteroatoms. The monoisotopic (exact) mass is 281 g/mol. The fraction of sp³-hybridized carbons (Fsp3) is 0.182. The van der Waals surface area contributed by atoms with E-state index in [-0.39, 0.29) is 6.04 Å². The van der Waals surface area contributed by atoms with Gasteiger partial charge in [-0.25, -0.2) is 5.43 Å². The predicted molar refractivity (Wildman–Crippen MR) is 64.5 cm³/mol. The summed E-state index contributed by atoms with van der Waals surface area (Å²) >= 11 is 3.41. The number of nitrogens with two attached hydrogens (primary N) is 1. The van der Waals surface area contributed by atoms with Gasteiger partial charge in [-0.2, -0.15) is 0 Å². The summed E-state index contributed by atoms with van der Waals surface area (Å²) in [5, 5.41) is 0. The molecule has 2 aromatic rings. The standard InChI is InChI=1S/C11H12BrN3O/c1-7-2-4-14-9(6-7)10(15-13)11-8(12)3-5-16-11/h2-6,10,15H,13H2,1H3. The first kappa shape index (κ1) is 11.3. The molecule has 0 aliphatic rings. The molecule has 0 spiro atoms. The van der Waals surface area contributed by atoms with Gasteiger partial charge in [0.2, 0.25) is 0 Å². The first-order chi connectivity index (χ1) is 7.72. The van der Waals surface area contributed by atoms with Crippen LogP contribution in [-0.2, 0) is 0 Å². The van der Waals surface area contributed by atoms with Crippen LogP contribution in [0.5, 0.6) is 0 Å². The largest absolute Gasteiger partial charge is 0.466 e. The zero-order valence-electron chi connectivity index (χ0n) is 8.77. The fourth-order valence-corrected chi connectivity index (χ4v) is 1.95. The molecule has 0 aliphatic heterocycles. The van der Waals surface area contributed by atoms with Gasteiger partial charge in [-0.1, -0.05) is 0 Å². The Labute approximate surface area is 102 Å². The topological polar surface area (TPSA) is 64.1 Å². The second-order valence-corrected chi connectivity index (χ2v) is 4.34. The van der Waals surface area contributed by atoms with Crippen LogP contribution < -0.4 is 11.3 Å². The van der Waals surface area contributed by atoms with Crippen molar-refractivity contribution in [1.29, 1.82) is 0 Å². The molecule has 4 nitrogen and oxygen atoms in total. The Hall–Kier alpha value is -1.17. The van der Waals surface area contributed by atoms with Crippen molar-refractivity contribution >= 4 is 15.9 Å². The predicted octanol–water partition coefficient (Wildman–Crippen LogP) is 2.30. The van der Waals surface area contributed by atoms with Gasteiger partial charge in [0.15, 0.2) is 0 Å². The van der Waals surface area contributed by atoms with E-state index in [1.165, 1.54) is 0 Å². The maximum absolute atomic E-state index is 5.54. The molecule has 0 radical (unpaired) electrons. The van der Waals surface area contributed by atoms with Crippen LogP contribution in [-0.4, -0.2) is 4.98 Å². The Bertz CT molecular complexity index is 484. The van der Waals surface area contributed by atoms with E-state index in [0.717, 1.165) is 21.5 Å². The highest BCUT2D eigenvalue weighted by molar-refractivity contribution is 9.10. The molecule has 84 valence electrons. The molecule has 16 heavy (non-hydrogen) atoms. The van der Waals surface area contributed by atoms with Gasteiger partial charge < -0.3 is 4.42 Å². The van der Waals surface area contributed by atoms with Crippen LogP contribution in [0.15, 0.2) is 39.5 Å². The number of halogens is 1. The Kier molecular flexibility index (Phi) is 3.38. The lowest BCUT2D eigenvalue weighted by molar-refractivity contribution is 0.445. The minimum absolute atomic E-state index is 0.246. The molecule has 2 rings (SSSR count). The van der Waals surface area contributed by atoms with Crippen molar-refractivity contribution in [1.82, 2.24) is 10.4 Å². The summed E-state index contributed by atoms with van der Waals surface area (Å²) in [6.45, 7) is 2.01. The van der Waals surface area contributed by atoms with Crippen LogP contribution in [0.3, 0.4) is 0 Å². The Morgan fingerprint density at radius 2 is 2.31 bits per heavy atom. The smallest absolute Gasteiger partial charge is 0.142 e. The van der Waals surface area contributed by atoms with Crippen molar-refractivity contribution < 1.29 is 4.42 Å². The van der Waals surface area contributed by atoms with E-state index in [9.17, 15) is 0 Å². The average molecular weight is 282 g/mol. The molecule has 3 N–H and O–H groups in total. The van der Waals surface area contributed by atoms with Gasteiger partial charge in [0.1, 0.15) is 11.8 Å². The van der Waals surface area contributed by atoms with Crippen LogP contribution in [0, 0.1) is 6.92 Å². The van der Waals surface area contributed by atoms with Crippen LogP contribution in [0.4, 0.5) is 0 Å². The number of hydrogen-bond acceptors (Lipinski definition) is 4. The minimum Gasteiger partial charge on any atom is -0.466 e. The summed E-state index contributed by atoms with van der Waals surface area (Å²) in [5.41, 5.74) is 4.67. The highest BCUT2D eigenvalue weighted by Gasteiger charge is 2.19. The fourth-order valence-electron chi connectivity index (χ4n) is 1.52. The molecule has 0 amide bonds. The molecule has 2 aromatic heterocycles. The van der Waals surface area contributed by atoms with Gasteiger partial charge >= 0.3 is 0 Å². The first-order valence-electron chi connectivity index (χ1n) is 4.84. The summed E-state index contributed by atoms with van der Waals surface area (Å²) in [6.07, 6.45) is 3.37. The average Bonchev–Trinajstić information content (AvgIpc) is 2.67. The van der Waals surface area contributed by atoms with Crippen molar-refractivity contribution in [2.45, 2.75) is 13.0 Å². The summed E-state index contributed by atoms with van der Waals surface area (Å²) < 4.78 is 6.26. The maximum Gasteiger partial charge on any atom is 0.142 e. The number of rotatable bonds is 3. The molecule has 0 aliphatic carbocycles. The van der Waals surface area contributed by atoms with E-state index in [4.69, 9.17) is 10.3 Å². The zero-order chi connectivity index (χ0) is 11.5. The van der Waals surface area contributed by atoms with Crippen molar-refractivity contribution in [2.75, 3.05) is 0 Å². The van der Waals surface area contributed by atoms with E-state index >= 15 is 0 Å². The number of hydrazine groups is 1. The molecule has 1 atom stereocenters. The number of aromatic nitrogens is 1. The van der Waals surface area contributed by atoms with E-state index in [1.54, 1.807) is 12.5 Å². The van der Waals surface area contributed by atoms with Crippen molar-refractivity contribution in [2.24, 2.45) is 5.84 Å². The third kappa shape index (κ3) is 2.16. The lowest BCUT2D eigenvalue weighted by Gasteiger charge is -2.13. The summed E-state index contributed by atoms with van der Waals surface area (Å²) in [6, 6.07) is 5.49. The van der Waals surface area contributed by atoms with Gasteiger partial charge in [0, 0.05) is 6.20 Å². The molecule has 2 heterocycles. The van der Waals surface area contributed by atoms with Crippen LogP contribution in [0.1, 0.15) is 23.1 Å². The highest BCUT2D eigenvalue weighted by atomic mass is 79.9. The summed E-state index contributed by atoms with van der Waals surface area (Å²) in [7, 11) is 0. The van der Waals surface area contributed by atoms with E-state index in [2.05, 4.69) is 26.3 Å². The van der Waals surface area contributed by atoms with Crippen molar-refractivity contribution in [3.8, 4) is 0 Å². The first-order valence-corrected chi connectivity index (χ1v) is 5.63. The number of aryl methyl sites for hydroxylation is 1. The third-order valence-corrected chi connectivity index (χ3v) is 2.96. The Morgan fingerprint density at radius 3 is 2.88 bits per heavy atom. The van der Waals surface area contributed by atoms with Crippen molar-refractivity contribution in [3.63, 3.8) is 0 Å². The maximum atomic E-state index is 5.54. The van der Waals surface area contributed by atoms with Crippen molar-refractivity contribution in [3.05, 3.63) is 52.1 Å².